The number of aliphatic hydroxyl groups excluding tert-OH is 1. The first-order valence-electron chi connectivity index (χ1n) is 5.82. The molecule has 1 atom stereocenters. The third-order valence-electron chi connectivity index (χ3n) is 3.01. The Morgan fingerprint density at radius 1 is 1.39 bits per heavy atom. The number of carbonyl (C=O) groups excluding carboxylic acids is 1. The lowest BCUT2D eigenvalue weighted by Crippen LogP contribution is -2.29. The third kappa shape index (κ3) is 1.93. The number of benzene rings is 1. The molecule has 0 aliphatic carbocycles. The van der Waals surface area contributed by atoms with Gasteiger partial charge in [-0.05, 0) is 12.1 Å². The van der Waals surface area contributed by atoms with Crippen molar-refractivity contribution in [3.63, 3.8) is 0 Å². The minimum Gasteiger partial charge on any atom is -0.458 e. The van der Waals surface area contributed by atoms with E-state index in [9.17, 15) is 9.90 Å². The van der Waals surface area contributed by atoms with Crippen LogP contribution in [0.15, 0.2) is 34.7 Å². The second-order valence-electron chi connectivity index (χ2n) is 4.26. The number of fused-ring (bicyclic) bond motifs is 1. The molecule has 1 aliphatic rings. The van der Waals surface area contributed by atoms with Gasteiger partial charge < -0.3 is 19.2 Å². The highest BCUT2D eigenvalue weighted by Crippen LogP contribution is 2.24. The van der Waals surface area contributed by atoms with Crippen molar-refractivity contribution in [1.29, 1.82) is 0 Å². The zero-order valence-corrected chi connectivity index (χ0v) is 9.70. The topological polar surface area (TPSA) is 62.9 Å². The van der Waals surface area contributed by atoms with Gasteiger partial charge in [0.1, 0.15) is 24.1 Å². The zero-order valence-electron chi connectivity index (χ0n) is 9.70. The Morgan fingerprint density at radius 3 is 2.94 bits per heavy atom. The molecule has 1 saturated heterocycles. The first-order valence-corrected chi connectivity index (χ1v) is 5.82. The van der Waals surface area contributed by atoms with Crippen molar-refractivity contribution >= 4 is 17.1 Å². The quantitative estimate of drug-likeness (QED) is 0.900. The SMILES string of the molecule is O=C1OCCN1CC(O)c1cc2ccccc2o1. The Bertz CT molecular complexity index is 544. The third-order valence-corrected chi connectivity index (χ3v) is 3.01. The van der Waals surface area contributed by atoms with Gasteiger partial charge in [-0.1, -0.05) is 18.2 Å². The molecule has 5 nitrogen and oxygen atoms in total. The summed E-state index contributed by atoms with van der Waals surface area (Å²) in [5.74, 6) is 0.468. The first-order chi connectivity index (χ1) is 8.74. The van der Waals surface area contributed by atoms with E-state index in [1.54, 1.807) is 6.07 Å². The lowest BCUT2D eigenvalue weighted by molar-refractivity contribution is 0.105. The number of para-hydroxylation sites is 1. The summed E-state index contributed by atoms with van der Waals surface area (Å²) in [6.45, 7) is 1.08. The number of cyclic esters (lactones) is 1. The second kappa shape index (κ2) is 4.34. The van der Waals surface area contributed by atoms with Crippen LogP contribution in [0.25, 0.3) is 11.0 Å². The van der Waals surface area contributed by atoms with Crippen molar-refractivity contribution in [2.75, 3.05) is 19.7 Å². The van der Waals surface area contributed by atoms with Crippen LogP contribution in [0.4, 0.5) is 4.79 Å². The number of hydrogen-bond donors (Lipinski definition) is 1. The summed E-state index contributed by atoms with van der Waals surface area (Å²) in [7, 11) is 0. The van der Waals surface area contributed by atoms with Gasteiger partial charge in [-0.15, -0.1) is 0 Å². The zero-order chi connectivity index (χ0) is 12.5. The number of aliphatic hydroxyl groups is 1. The van der Waals surface area contributed by atoms with Crippen molar-refractivity contribution in [1.82, 2.24) is 4.90 Å². The molecule has 3 rings (SSSR count). The maximum atomic E-state index is 11.3. The minimum absolute atomic E-state index is 0.193. The van der Waals surface area contributed by atoms with E-state index < -0.39 is 6.10 Å². The van der Waals surface area contributed by atoms with Crippen molar-refractivity contribution in [3.8, 4) is 0 Å². The Labute approximate surface area is 104 Å². The summed E-state index contributed by atoms with van der Waals surface area (Å²) < 4.78 is 10.4. The van der Waals surface area contributed by atoms with E-state index in [4.69, 9.17) is 9.15 Å². The summed E-state index contributed by atoms with van der Waals surface area (Å²) in [5, 5.41) is 11.0. The predicted molar refractivity (Wildman–Crippen MR) is 64.1 cm³/mol. The molecule has 0 radical (unpaired) electrons. The van der Waals surface area contributed by atoms with Gasteiger partial charge in [-0.3, -0.25) is 0 Å². The van der Waals surface area contributed by atoms with Gasteiger partial charge in [0.05, 0.1) is 13.1 Å². The van der Waals surface area contributed by atoms with Crippen LogP contribution < -0.4 is 0 Å². The highest BCUT2D eigenvalue weighted by atomic mass is 16.6. The highest BCUT2D eigenvalue weighted by Gasteiger charge is 2.26. The van der Waals surface area contributed by atoms with Crippen LogP contribution >= 0.6 is 0 Å². The van der Waals surface area contributed by atoms with Crippen molar-refractivity contribution in [2.45, 2.75) is 6.10 Å². The van der Waals surface area contributed by atoms with Crippen LogP contribution in [0.3, 0.4) is 0 Å². The van der Waals surface area contributed by atoms with E-state index in [1.165, 1.54) is 4.90 Å². The Kier molecular flexibility index (Phi) is 2.68. The van der Waals surface area contributed by atoms with E-state index in [1.807, 2.05) is 24.3 Å². The van der Waals surface area contributed by atoms with Crippen LogP contribution in [-0.2, 0) is 4.74 Å². The summed E-state index contributed by atoms with van der Waals surface area (Å²) in [6, 6.07) is 9.34. The number of hydrogen-bond acceptors (Lipinski definition) is 4. The van der Waals surface area contributed by atoms with E-state index in [-0.39, 0.29) is 12.6 Å². The molecule has 2 heterocycles. The fraction of sp³-hybridized carbons (Fsp3) is 0.308. The monoisotopic (exact) mass is 247 g/mol. The molecule has 5 heteroatoms. The molecule has 0 spiro atoms. The summed E-state index contributed by atoms with van der Waals surface area (Å²) >= 11 is 0. The van der Waals surface area contributed by atoms with Crippen molar-refractivity contribution in [2.24, 2.45) is 0 Å². The molecule has 0 bridgehead atoms. The van der Waals surface area contributed by atoms with Gasteiger partial charge in [0.25, 0.3) is 0 Å². The van der Waals surface area contributed by atoms with E-state index in [2.05, 4.69) is 0 Å². The molecule has 1 aromatic carbocycles. The molecular formula is C13H13NO4. The number of carbonyl (C=O) groups is 1. The lowest BCUT2D eigenvalue weighted by atomic mass is 10.2. The maximum absolute atomic E-state index is 11.3. The number of amides is 1. The normalized spacial score (nSPS) is 17.2. The molecule has 1 unspecified atom stereocenters. The van der Waals surface area contributed by atoms with Gasteiger partial charge in [-0.2, -0.15) is 0 Å². The smallest absolute Gasteiger partial charge is 0.410 e. The fourth-order valence-corrected chi connectivity index (χ4v) is 2.06. The predicted octanol–water partition coefficient (Wildman–Crippen LogP) is 1.92. The Balaban J connectivity index is 1.79. The van der Waals surface area contributed by atoms with E-state index >= 15 is 0 Å². The van der Waals surface area contributed by atoms with Gasteiger partial charge in [0.2, 0.25) is 0 Å². The highest BCUT2D eigenvalue weighted by molar-refractivity contribution is 5.77. The molecule has 2 aromatic rings. The summed E-state index contributed by atoms with van der Waals surface area (Å²) in [5.41, 5.74) is 0.732. The van der Waals surface area contributed by atoms with Crippen molar-refractivity contribution in [3.05, 3.63) is 36.1 Å². The molecule has 0 saturated carbocycles. The minimum atomic E-state index is -0.831. The lowest BCUT2D eigenvalue weighted by Gasteiger charge is -2.15. The van der Waals surface area contributed by atoms with Gasteiger partial charge in [0, 0.05) is 5.39 Å². The van der Waals surface area contributed by atoms with Gasteiger partial charge >= 0.3 is 6.09 Å². The van der Waals surface area contributed by atoms with Gasteiger partial charge in [0.15, 0.2) is 0 Å². The van der Waals surface area contributed by atoms with Crippen LogP contribution in [-0.4, -0.2) is 35.8 Å². The van der Waals surface area contributed by atoms with Crippen LogP contribution in [0, 0.1) is 0 Å². The summed E-state index contributed by atoms with van der Waals surface area (Å²) in [6.07, 6.45) is -1.21. The molecule has 1 fully saturated rings. The first kappa shape index (κ1) is 11.1. The van der Waals surface area contributed by atoms with Crippen LogP contribution in [0.2, 0.25) is 0 Å². The van der Waals surface area contributed by atoms with Gasteiger partial charge in [-0.25, -0.2) is 4.79 Å². The standard InChI is InChI=1S/C13H13NO4/c15-10(8-14-5-6-17-13(14)16)12-7-9-3-1-2-4-11(9)18-12/h1-4,7,10,15H,5-6,8H2. The number of rotatable bonds is 3. The molecule has 94 valence electrons. The molecule has 1 aliphatic heterocycles. The van der Waals surface area contributed by atoms with Crippen molar-refractivity contribution < 1.29 is 19.1 Å². The Morgan fingerprint density at radius 2 is 2.22 bits per heavy atom. The van der Waals surface area contributed by atoms with Crippen LogP contribution in [0.5, 0.6) is 0 Å². The van der Waals surface area contributed by atoms with E-state index in [0.717, 1.165) is 11.0 Å². The molecular weight excluding hydrogens is 234 g/mol. The van der Waals surface area contributed by atoms with E-state index in [0.29, 0.717) is 18.9 Å². The molecule has 1 amide bonds. The summed E-state index contributed by atoms with van der Waals surface area (Å²) in [4.78, 5) is 12.7. The number of furan rings is 1. The number of ether oxygens (including phenoxy) is 1. The molecule has 1 N–H and O–H groups in total. The molecule has 18 heavy (non-hydrogen) atoms. The average molecular weight is 247 g/mol. The number of β-amino-alcohol motifs (C(OH)–C–C–N with tert-alkyl or cyclic N) is 1. The largest absolute Gasteiger partial charge is 0.458 e. The fourth-order valence-electron chi connectivity index (χ4n) is 2.06. The second-order valence-corrected chi connectivity index (χ2v) is 4.26. The Hall–Kier alpha value is -2.01. The number of nitrogens with zero attached hydrogens (tertiary/aromatic N) is 1. The maximum Gasteiger partial charge on any atom is 0.410 e. The average Bonchev–Trinajstić information content (AvgIpc) is 2.96. The van der Waals surface area contributed by atoms with Crippen LogP contribution in [0.1, 0.15) is 11.9 Å². The molecule has 1 aromatic heterocycles.